The Bertz CT molecular complexity index is 461. The second-order valence-electron chi connectivity index (χ2n) is 4.51. The molecule has 1 aromatic rings. The fraction of sp³-hybridized carbons (Fsp3) is 0.727. The van der Waals surface area contributed by atoms with Crippen LogP contribution in [0.4, 0.5) is 0 Å². The lowest BCUT2D eigenvalue weighted by Gasteiger charge is -2.21. The topological polar surface area (TPSA) is 61.2 Å². The molecule has 0 spiro atoms. The van der Waals surface area contributed by atoms with Gasteiger partial charge in [0.15, 0.2) is 9.84 Å². The first-order valence-corrected chi connectivity index (χ1v) is 7.52. The van der Waals surface area contributed by atoms with Gasteiger partial charge in [-0.05, 0) is 25.2 Å². The van der Waals surface area contributed by atoms with E-state index in [2.05, 4.69) is 5.10 Å². The summed E-state index contributed by atoms with van der Waals surface area (Å²) in [7, 11) is -1.44. The Kier molecular flexibility index (Phi) is 3.83. The summed E-state index contributed by atoms with van der Waals surface area (Å²) in [5.41, 5.74) is 0. The predicted molar refractivity (Wildman–Crippen MR) is 63.4 cm³/mol. The second kappa shape index (κ2) is 5.18. The minimum atomic E-state index is -3.16. The van der Waals surface area contributed by atoms with Crippen LogP contribution in [0.5, 0.6) is 0 Å². The smallest absolute Gasteiger partial charge is 0.181 e. The van der Waals surface area contributed by atoms with Gasteiger partial charge in [-0.2, -0.15) is 5.10 Å². The number of nitrogens with zero attached hydrogens (tertiary/aromatic N) is 2. The van der Waals surface area contributed by atoms with Gasteiger partial charge in [0.2, 0.25) is 0 Å². The number of hydrogen-bond donors (Lipinski definition) is 0. The average molecular weight is 258 g/mol. The normalized spacial score (nSPS) is 18.4. The van der Waals surface area contributed by atoms with Crippen molar-refractivity contribution in [3.05, 3.63) is 12.4 Å². The van der Waals surface area contributed by atoms with Gasteiger partial charge in [-0.15, -0.1) is 0 Å². The van der Waals surface area contributed by atoms with Crippen molar-refractivity contribution in [2.24, 2.45) is 13.0 Å². The summed E-state index contributed by atoms with van der Waals surface area (Å²) in [5, 5.41) is 3.90. The van der Waals surface area contributed by atoms with E-state index in [4.69, 9.17) is 4.74 Å². The SMILES string of the molecule is Cn1cc(S(=O)(=O)CCC2CCOCC2)cn1. The van der Waals surface area contributed by atoms with Crippen LogP contribution in [0.25, 0.3) is 0 Å². The Morgan fingerprint density at radius 3 is 2.76 bits per heavy atom. The van der Waals surface area contributed by atoms with Crippen molar-refractivity contribution >= 4 is 9.84 Å². The van der Waals surface area contributed by atoms with E-state index < -0.39 is 9.84 Å². The van der Waals surface area contributed by atoms with Gasteiger partial charge in [0.25, 0.3) is 0 Å². The molecule has 1 aromatic heterocycles. The summed E-state index contributed by atoms with van der Waals surface area (Å²) in [6.07, 6.45) is 5.64. The molecule has 1 aliphatic heterocycles. The highest BCUT2D eigenvalue weighted by Crippen LogP contribution is 2.21. The Hall–Kier alpha value is -0.880. The largest absolute Gasteiger partial charge is 0.381 e. The first-order chi connectivity index (χ1) is 8.08. The van der Waals surface area contributed by atoms with Crippen molar-refractivity contribution in [1.82, 2.24) is 9.78 Å². The van der Waals surface area contributed by atoms with Crippen molar-refractivity contribution in [2.75, 3.05) is 19.0 Å². The zero-order chi connectivity index (χ0) is 12.3. The molecule has 6 heteroatoms. The van der Waals surface area contributed by atoms with E-state index in [0.29, 0.717) is 10.8 Å². The van der Waals surface area contributed by atoms with E-state index >= 15 is 0 Å². The molecule has 96 valence electrons. The van der Waals surface area contributed by atoms with Gasteiger partial charge in [0.05, 0.1) is 11.9 Å². The van der Waals surface area contributed by atoms with Crippen LogP contribution in [-0.4, -0.2) is 37.2 Å². The minimum Gasteiger partial charge on any atom is -0.381 e. The second-order valence-corrected chi connectivity index (χ2v) is 6.62. The number of ether oxygens (including phenoxy) is 1. The van der Waals surface area contributed by atoms with E-state index in [-0.39, 0.29) is 5.75 Å². The fourth-order valence-corrected chi connectivity index (χ4v) is 3.43. The third-order valence-corrected chi connectivity index (χ3v) is 4.88. The summed E-state index contributed by atoms with van der Waals surface area (Å²) >= 11 is 0. The minimum absolute atomic E-state index is 0.212. The molecule has 5 nitrogen and oxygen atoms in total. The van der Waals surface area contributed by atoms with Crippen LogP contribution in [0.15, 0.2) is 17.3 Å². The number of aromatic nitrogens is 2. The molecule has 1 fully saturated rings. The Morgan fingerprint density at radius 1 is 1.47 bits per heavy atom. The standard InChI is InChI=1S/C11H18N2O3S/c1-13-9-11(8-12-13)17(14,15)7-4-10-2-5-16-6-3-10/h8-10H,2-7H2,1H3. The van der Waals surface area contributed by atoms with Crippen LogP contribution in [0.2, 0.25) is 0 Å². The summed E-state index contributed by atoms with van der Waals surface area (Å²) in [6.45, 7) is 1.52. The summed E-state index contributed by atoms with van der Waals surface area (Å²) in [4.78, 5) is 0.326. The molecule has 2 heterocycles. The maximum Gasteiger partial charge on any atom is 0.181 e. The molecule has 0 aromatic carbocycles. The molecule has 0 amide bonds. The van der Waals surface area contributed by atoms with E-state index in [9.17, 15) is 8.42 Å². The molecule has 1 saturated heterocycles. The maximum absolute atomic E-state index is 12.0. The monoisotopic (exact) mass is 258 g/mol. The van der Waals surface area contributed by atoms with Crippen LogP contribution in [-0.2, 0) is 21.6 Å². The van der Waals surface area contributed by atoms with Gasteiger partial charge < -0.3 is 4.74 Å². The van der Waals surface area contributed by atoms with E-state index in [1.54, 1.807) is 13.2 Å². The summed E-state index contributed by atoms with van der Waals surface area (Å²) in [5.74, 6) is 0.693. The van der Waals surface area contributed by atoms with Crippen LogP contribution in [0, 0.1) is 5.92 Å². The predicted octanol–water partition coefficient (Wildman–Crippen LogP) is 1.01. The van der Waals surface area contributed by atoms with Crippen molar-refractivity contribution < 1.29 is 13.2 Å². The van der Waals surface area contributed by atoms with Gasteiger partial charge in [0, 0.05) is 26.5 Å². The molecule has 0 saturated carbocycles. The van der Waals surface area contributed by atoms with E-state index in [1.807, 2.05) is 0 Å². The molecular formula is C11H18N2O3S. The number of aryl methyl sites for hydroxylation is 1. The average Bonchev–Trinajstić information content (AvgIpc) is 2.76. The van der Waals surface area contributed by atoms with E-state index in [0.717, 1.165) is 32.5 Å². The lowest BCUT2D eigenvalue weighted by Crippen LogP contribution is -2.19. The highest BCUT2D eigenvalue weighted by Gasteiger charge is 2.20. The van der Waals surface area contributed by atoms with Crippen molar-refractivity contribution in [3.63, 3.8) is 0 Å². The highest BCUT2D eigenvalue weighted by atomic mass is 32.2. The highest BCUT2D eigenvalue weighted by molar-refractivity contribution is 7.91. The van der Waals surface area contributed by atoms with Crippen LogP contribution < -0.4 is 0 Å². The van der Waals surface area contributed by atoms with Crippen molar-refractivity contribution in [2.45, 2.75) is 24.2 Å². The van der Waals surface area contributed by atoms with Gasteiger partial charge in [-0.25, -0.2) is 8.42 Å². The molecule has 0 N–H and O–H groups in total. The van der Waals surface area contributed by atoms with Gasteiger partial charge in [-0.1, -0.05) is 0 Å². The Balaban J connectivity index is 1.93. The molecule has 0 aliphatic carbocycles. The van der Waals surface area contributed by atoms with Gasteiger partial charge in [-0.3, -0.25) is 4.68 Å². The molecule has 17 heavy (non-hydrogen) atoms. The lowest BCUT2D eigenvalue weighted by molar-refractivity contribution is 0.0656. The maximum atomic E-state index is 12.0. The van der Waals surface area contributed by atoms with Crippen LogP contribution >= 0.6 is 0 Å². The molecule has 0 bridgehead atoms. The number of hydrogen-bond acceptors (Lipinski definition) is 4. The number of rotatable bonds is 4. The summed E-state index contributed by atoms with van der Waals surface area (Å²) in [6, 6.07) is 0. The zero-order valence-corrected chi connectivity index (χ0v) is 10.8. The molecule has 0 atom stereocenters. The molecule has 1 aliphatic rings. The van der Waals surface area contributed by atoms with Crippen molar-refractivity contribution in [1.29, 1.82) is 0 Å². The molecular weight excluding hydrogens is 240 g/mol. The Morgan fingerprint density at radius 2 is 2.18 bits per heavy atom. The third kappa shape index (κ3) is 3.29. The molecule has 0 unspecified atom stereocenters. The zero-order valence-electron chi connectivity index (χ0n) is 10.0. The summed E-state index contributed by atoms with van der Waals surface area (Å²) < 4.78 is 30.8. The van der Waals surface area contributed by atoms with Gasteiger partial charge in [0.1, 0.15) is 4.90 Å². The first-order valence-electron chi connectivity index (χ1n) is 5.87. The number of sulfone groups is 1. The lowest BCUT2D eigenvalue weighted by atomic mass is 9.98. The van der Waals surface area contributed by atoms with Gasteiger partial charge >= 0.3 is 0 Å². The van der Waals surface area contributed by atoms with Crippen LogP contribution in [0.3, 0.4) is 0 Å². The quantitative estimate of drug-likeness (QED) is 0.808. The third-order valence-electron chi connectivity index (χ3n) is 3.18. The van der Waals surface area contributed by atoms with Crippen LogP contribution in [0.1, 0.15) is 19.3 Å². The van der Waals surface area contributed by atoms with Crippen molar-refractivity contribution in [3.8, 4) is 0 Å². The molecule has 2 rings (SSSR count). The Labute approximate surface area is 102 Å². The first kappa shape index (κ1) is 12.6. The molecule has 0 radical (unpaired) electrons. The van der Waals surface area contributed by atoms with E-state index in [1.165, 1.54) is 10.9 Å². The fourth-order valence-electron chi connectivity index (χ4n) is 2.03.